The molecule has 0 aromatic heterocycles. The molecule has 1 heterocycles. The van der Waals surface area contributed by atoms with Crippen molar-refractivity contribution in [1.29, 1.82) is 0 Å². The van der Waals surface area contributed by atoms with Gasteiger partial charge in [0, 0.05) is 5.56 Å². The Hall–Kier alpha value is -1.77. The number of carbonyl (C=O) groups excluding carboxylic acids is 1. The molecule has 3 heteroatoms. The van der Waals surface area contributed by atoms with Crippen LogP contribution in [0.3, 0.4) is 0 Å². The zero-order chi connectivity index (χ0) is 16.0. The second-order valence-electron chi connectivity index (χ2n) is 7.32. The molecule has 0 unspecified atom stereocenters. The maximum Gasteiger partial charge on any atom is 0.415 e. The summed E-state index contributed by atoms with van der Waals surface area (Å²) in [5.74, 6) is 0. The predicted octanol–water partition coefficient (Wildman–Crippen LogP) is 4.93. The van der Waals surface area contributed by atoms with Gasteiger partial charge in [-0.15, -0.1) is 0 Å². The largest absolute Gasteiger partial charge is 0.443 e. The predicted molar refractivity (Wildman–Crippen MR) is 87.6 cm³/mol. The number of nitrogens with zero attached hydrogens (tertiary/aromatic N) is 1. The maximum atomic E-state index is 12.7. The third-order valence-corrected chi connectivity index (χ3v) is 3.54. The van der Waals surface area contributed by atoms with Gasteiger partial charge in [0.25, 0.3) is 0 Å². The van der Waals surface area contributed by atoms with Crippen molar-refractivity contribution in [3.63, 3.8) is 0 Å². The lowest BCUT2D eigenvalue weighted by Crippen LogP contribution is -2.50. The fourth-order valence-corrected chi connectivity index (χ4v) is 2.78. The molecule has 0 bridgehead atoms. The summed E-state index contributed by atoms with van der Waals surface area (Å²) < 4.78 is 5.59. The van der Waals surface area contributed by atoms with E-state index in [-0.39, 0.29) is 6.09 Å². The first-order valence-corrected chi connectivity index (χ1v) is 7.35. The van der Waals surface area contributed by atoms with Crippen molar-refractivity contribution in [2.24, 2.45) is 0 Å². The van der Waals surface area contributed by atoms with E-state index in [1.807, 2.05) is 46.8 Å². The minimum Gasteiger partial charge on any atom is -0.443 e. The maximum absolute atomic E-state index is 12.7. The molecule has 0 radical (unpaired) electrons. The highest BCUT2D eigenvalue weighted by Crippen LogP contribution is 2.40. The fourth-order valence-electron chi connectivity index (χ4n) is 2.78. The van der Waals surface area contributed by atoms with Crippen LogP contribution in [0.5, 0.6) is 0 Å². The van der Waals surface area contributed by atoms with Crippen LogP contribution in [0.4, 0.5) is 10.5 Å². The average Bonchev–Trinajstić information content (AvgIpc) is 2.26. The Kier molecular flexibility index (Phi) is 3.64. The van der Waals surface area contributed by atoms with Gasteiger partial charge in [0.2, 0.25) is 0 Å². The summed E-state index contributed by atoms with van der Waals surface area (Å²) in [6, 6.07) is 6.16. The molecule has 21 heavy (non-hydrogen) atoms. The molecular formula is C18H25NO2. The number of anilines is 1. The molecule has 0 saturated heterocycles. The SMILES string of the molecule is CC1=CC(C)(C)N(C(=O)OC(C)(C)C)c2ccc(C)cc21. The van der Waals surface area contributed by atoms with E-state index in [9.17, 15) is 4.79 Å². The van der Waals surface area contributed by atoms with Crippen LogP contribution in [0, 0.1) is 6.92 Å². The third-order valence-electron chi connectivity index (χ3n) is 3.54. The van der Waals surface area contributed by atoms with Gasteiger partial charge in [-0.05, 0) is 66.2 Å². The van der Waals surface area contributed by atoms with E-state index in [0.29, 0.717) is 0 Å². The van der Waals surface area contributed by atoms with Crippen molar-refractivity contribution < 1.29 is 9.53 Å². The highest BCUT2D eigenvalue weighted by atomic mass is 16.6. The van der Waals surface area contributed by atoms with Gasteiger partial charge in [-0.25, -0.2) is 4.79 Å². The molecule has 114 valence electrons. The number of benzene rings is 1. The van der Waals surface area contributed by atoms with Crippen LogP contribution in [0.2, 0.25) is 0 Å². The molecule has 1 aliphatic heterocycles. The van der Waals surface area contributed by atoms with E-state index in [1.165, 1.54) is 11.1 Å². The first kappa shape index (κ1) is 15.6. The molecule has 1 aliphatic rings. The summed E-state index contributed by atoms with van der Waals surface area (Å²) in [4.78, 5) is 14.4. The highest BCUT2D eigenvalue weighted by Gasteiger charge is 2.38. The molecule has 0 aliphatic carbocycles. The Bertz CT molecular complexity index is 606. The van der Waals surface area contributed by atoms with Crippen LogP contribution < -0.4 is 4.90 Å². The number of aryl methyl sites for hydroxylation is 1. The number of allylic oxidation sites excluding steroid dienone is 1. The lowest BCUT2D eigenvalue weighted by Gasteiger charge is -2.41. The number of hydrogen-bond acceptors (Lipinski definition) is 2. The van der Waals surface area contributed by atoms with Gasteiger partial charge < -0.3 is 4.74 Å². The Morgan fingerprint density at radius 2 is 1.81 bits per heavy atom. The van der Waals surface area contributed by atoms with Crippen LogP contribution in [0.25, 0.3) is 5.57 Å². The van der Waals surface area contributed by atoms with Gasteiger partial charge >= 0.3 is 6.09 Å². The number of amides is 1. The van der Waals surface area contributed by atoms with Gasteiger partial charge in [-0.1, -0.05) is 17.7 Å². The summed E-state index contributed by atoms with van der Waals surface area (Å²) in [6.07, 6.45) is 1.82. The number of rotatable bonds is 0. The highest BCUT2D eigenvalue weighted by molar-refractivity contribution is 5.97. The molecule has 2 rings (SSSR count). The van der Waals surface area contributed by atoms with Crippen molar-refractivity contribution in [1.82, 2.24) is 0 Å². The van der Waals surface area contributed by atoms with Gasteiger partial charge in [-0.2, -0.15) is 0 Å². The van der Waals surface area contributed by atoms with Crippen molar-refractivity contribution in [3.8, 4) is 0 Å². The van der Waals surface area contributed by atoms with Crippen LogP contribution in [0.1, 0.15) is 52.7 Å². The minimum atomic E-state index is -0.506. The second kappa shape index (κ2) is 4.90. The molecule has 1 aromatic rings. The molecular weight excluding hydrogens is 262 g/mol. The van der Waals surface area contributed by atoms with Crippen LogP contribution >= 0.6 is 0 Å². The van der Waals surface area contributed by atoms with Crippen molar-refractivity contribution >= 4 is 17.4 Å². The number of ether oxygens (including phenoxy) is 1. The average molecular weight is 287 g/mol. The van der Waals surface area contributed by atoms with Crippen molar-refractivity contribution in [2.45, 2.75) is 59.6 Å². The second-order valence-corrected chi connectivity index (χ2v) is 7.32. The number of fused-ring (bicyclic) bond motifs is 1. The Labute approximate surface area is 127 Å². The van der Waals surface area contributed by atoms with E-state index in [0.717, 1.165) is 11.3 Å². The van der Waals surface area contributed by atoms with E-state index in [1.54, 1.807) is 4.90 Å². The van der Waals surface area contributed by atoms with E-state index >= 15 is 0 Å². The first-order valence-electron chi connectivity index (χ1n) is 7.35. The smallest absolute Gasteiger partial charge is 0.415 e. The lowest BCUT2D eigenvalue weighted by molar-refractivity contribution is 0.0556. The molecule has 3 nitrogen and oxygen atoms in total. The Morgan fingerprint density at radius 3 is 2.38 bits per heavy atom. The van der Waals surface area contributed by atoms with Crippen molar-refractivity contribution in [2.75, 3.05) is 4.90 Å². The van der Waals surface area contributed by atoms with E-state index in [2.05, 4.69) is 26.0 Å². The zero-order valence-corrected chi connectivity index (χ0v) is 14.1. The number of hydrogen-bond donors (Lipinski definition) is 0. The lowest BCUT2D eigenvalue weighted by atomic mass is 9.88. The minimum absolute atomic E-state index is 0.304. The Morgan fingerprint density at radius 1 is 1.19 bits per heavy atom. The van der Waals surface area contributed by atoms with Crippen LogP contribution in [0.15, 0.2) is 24.3 Å². The summed E-state index contributed by atoms with van der Waals surface area (Å²) >= 11 is 0. The van der Waals surface area contributed by atoms with E-state index in [4.69, 9.17) is 4.74 Å². The molecule has 0 saturated carbocycles. The van der Waals surface area contributed by atoms with Crippen LogP contribution in [-0.2, 0) is 4.74 Å². The quantitative estimate of drug-likeness (QED) is 0.677. The molecule has 0 atom stereocenters. The van der Waals surface area contributed by atoms with E-state index < -0.39 is 11.1 Å². The summed E-state index contributed by atoms with van der Waals surface area (Å²) in [5, 5.41) is 0. The standard InChI is InChI=1S/C18H25NO2/c1-12-8-9-15-14(10-12)13(2)11-18(6,7)19(15)16(20)21-17(3,4)5/h8-11H,1-7H3. The van der Waals surface area contributed by atoms with Gasteiger partial charge in [0.15, 0.2) is 0 Å². The zero-order valence-electron chi connectivity index (χ0n) is 14.1. The monoisotopic (exact) mass is 287 g/mol. The molecule has 0 spiro atoms. The summed E-state index contributed by atoms with van der Waals surface area (Å²) in [5.41, 5.74) is 3.48. The summed E-state index contributed by atoms with van der Waals surface area (Å²) in [6.45, 7) is 13.9. The molecule has 1 amide bonds. The first-order chi connectivity index (χ1) is 9.51. The fraction of sp³-hybridized carbons (Fsp3) is 0.500. The Balaban J connectivity index is 2.52. The third kappa shape index (κ3) is 3.12. The molecule has 0 fully saturated rings. The van der Waals surface area contributed by atoms with Gasteiger partial charge in [0.05, 0.1) is 11.2 Å². The normalized spacial score (nSPS) is 17.1. The van der Waals surface area contributed by atoms with Crippen LogP contribution in [-0.4, -0.2) is 17.2 Å². The van der Waals surface area contributed by atoms with Gasteiger partial charge in [-0.3, -0.25) is 4.90 Å². The molecule has 1 aromatic carbocycles. The number of carbonyl (C=O) groups is 1. The van der Waals surface area contributed by atoms with Gasteiger partial charge in [0.1, 0.15) is 5.60 Å². The summed E-state index contributed by atoms with van der Waals surface area (Å²) in [7, 11) is 0. The van der Waals surface area contributed by atoms with Crippen molar-refractivity contribution in [3.05, 3.63) is 35.4 Å². The topological polar surface area (TPSA) is 29.5 Å². The molecule has 0 N–H and O–H groups in total.